The van der Waals surface area contributed by atoms with Gasteiger partial charge < -0.3 is 20.1 Å². The lowest BCUT2D eigenvalue weighted by atomic mass is 9.98. The van der Waals surface area contributed by atoms with Gasteiger partial charge in [-0.05, 0) is 28.7 Å². The maximum atomic E-state index is 13.5. The van der Waals surface area contributed by atoms with E-state index in [9.17, 15) is 27.6 Å². The maximum Gasteiger partial charge on any atom is 0.409 e. The first-order chi connectivity index (χ1) is 16.1. The zero-order chi connectivity index (χ0) is 24.9. The van der Waals surface area contributed by atoms with E-state index in [2.05, 4.69) is 0 Å². The molecular weight excluding hydrogens is 453 g/mol. The van der Waals surface area contributed by atoms with Crippen LogP contribution in [0.5, 0.6) is 0 Å². The van der Waals surface area contributed by atoms with Gasteiger partial charge in [0.1, 0.15) is 12.6 Å². The van der Waals surface area contributed by atoms with Crippen molar-refractivity contribution in [3.63, 3.8) is 0 Å². The molecule has 2 aromatic carbocycles. The summed E-state index contributed by atoms with van der Waals surface area (Å²) in [7, 11) is 1.28. The fourth-order valence-corrected chi connectivity index (χ4v) is 3.95. The van der Waals surface area contributed by atoms with Gasteiger partial charge in [-0.2, -0.15) is 13.2 Å². The second-order valence-corrected chi connectivity index (χ2v) is 8.08. The minimum Gasteiger partial charge on any atom is -0.481 e. The number of alkyl halides is 3. The van der Waals surface area contributed by atoms with Crippen molar-refractivity contribution in [3.8, 4) is 11.1 Å². The second-order valence-electron chi connectivity index (χ2n) is 8.08. The Morgan fingerprint density at radius 3 is 2.15 bits per heavy atom. The fourth-order valence-electron chi connectivity index (χ4n) is 3.95. The van der Waals surface area contributed by atoms with Crippen molar-refractivity contribution in [1.82, 2.24) is 10.2 Å². The molecule has 0 radical (unpaired) electrons. The minimum absolute atomic E-state index is 0.0132. The lowest BCUT2D eigenvalue weighted by molar-refractivity contribution is -0.163. The summed E-state index contributed by atoms with van der Waals surface area (Å²) in [6, 6.07) is 12.7. The summed E-state index contributed by atoms with van der Waals surface area (Å²) in [6.45, 7) is -0.172. The molecule has 0 saturated carbocycles. The molecule has 7 nitrogen and oxygen atoms in total. The Hall–Kier alpha value is -3.56. The maximum absolute atomic E-state index is 13.5. The van der Waals surface area contributed by atoms with Crippen LogP contribution in [0.3, 0.4) is 0 Å². The van der Waals surface area contributed by atoms with E-state index in [1.165, 1.54) is 7.05 Å². The van der Waals surface area contributed by atoms with E-state index in [0.717, 1.165) is 27.2 Å². The number of ether oxygens (including phenoxy) is 1. The second kappa shape index (κ2) is 10.6. The summed E-state index contributed by atoms with van der Waals surface area (Å²) in [4.78, 5) is 36.0. The number of hydrogen-bond donors (Lipinski definition) is 2. The average Bonchev–Trinajstić information content (AvgIpc) is 3.10. The Balaban J connectivity index is 1.60. The number of hydrogen-bond acceptors (Lipinski definition) is 4. The van der Waals surface area contributed by atoms with Crippen molar-refractivity contribution in [1.29, 1.82) is 0 Å². The minimum atomic E-state index is -4.87. The standard InChI is InChI=1S/C24H25F3N2O5/c1-29(12-6-11-22(31)32)21(30)13-20(24(25,26)27)28-23(33)34-14-19-17-9-4-2-7-15(17)16-8-3-5-10-18(16)19/h2-5,7-10,19-20H,6,11-14H2,1H3,(H,28,33)(H,31,32). The van der Waals surface area contributed by atoms with Crippen LogP contribution in [0.4, 0.5) is 18.0 Å². The van der Waals surface area contributed by atoms with E-state index >= 15 is 0 Å². The molecule has 2 N–H and O–H groups in total. The number of aliphatic carboxylic acids is 1. The van der Waals surface area contributed by atoms with Crippen molar-refractivity contribution >= 4 is 18.0 Å². The highest BCUT2D eigenvalue weighted by Gasteiger charge is 2.43. The molecule has 10 heteroatoms. The topological polar surface area (TPSA) is 95.9 Å². The van der Waals surface area contributed by atoms with Gasteiger partial charge in [0.15, 0.2) is 0 Å². The van der Waals surface area contributed by atoms with E-state index in [1.54, 1.807) is 5.32 Å². The van der Waals surface area contributed by atoms with Gasteiger partial charge >= 0.3 is 18.2 Å². The van der Waals surface area contributed by atoms with Crippen LogP contribution in [0.1, 0.15) is 36.3 Å². The number of carboxylic acid groups (broad SMARTS) is 1. The number of carbonyl (C=O) groups is 3. The van der Waals surface area contributed by atoms with Crippen molar-refractivity contribution < 1.29 is 37.4 Å². The third-order valence-electron chi connectivity index (χ3n) is 5.72. The molecule has 0 aliphatic heterocycles. The van der Waals surface area contributed by atoms with E-state index in [4.69, 9.17) is 9.84 Å². The van der Waals surface area contributed by atoms with Gasteiger partial charge in [0, 0.05) is 25.9 Å². The molecule has 1 aliphatic carbocycles. The van der Waals surface area contributed by atoms with Gasteiger partial charge in [-0.3, -0.25) is 9.59 Å². The number of nitrogens with one attached hydrogen (secondary N) is 1. The molecule has 1 aliphatic rings. The molecule has 0 heterocycles. The lowest BCUT2D eigenvalue weighted by Crippen LogP contribution is -2.48. The molecule has 3 rings (SSSR count). The fraction of sp³-hybridized carbons (Fsp3) is 0.375. The first kappa shape index (κ1) is 25.1. The third kappa shape index (κ3) is 6.06. The number of carbonyl (C=O) groups excluding carboxylic acids is 2. The van der Waals surface area contributed by atoms with E-state index in [1.807, 2.05) is 48.5 Å². The van der Waals surface area contributed by atoms with Gasteiger partial charge in [-0.25, -0.2) is 4.79 Å². The van der Waals surface area contributed by atoms with Crippen LogP contribution in [0.2, 0.25) is 0 Å². The number of halogens is 3. The van der Waals surface area contributed by atoms with Gasteiger partial charge in [0.2, 0.25) is 5.91 Å². The third-order valence-corrected chi connectivity index (χ3v) is 5.72. The average molecular weight is 478 g/mol. The van der Waals surface area contributed by atoms with Gasteiger partial charge in [-0.15, -0.1) is 0 Å². The Kier molecular flexibility index (Phi) is 7.80. The monoisotopic (exact) mass is 478 g/mol. The normalized spacial score (nSPS) is 13.5. The number of carboxylic acids is 1. The van der Waals surface area contributed by atoms with Crippen LogP contribution in [-0.2, 0) is 14.3 Å². The molecule has 0 spiro atoms. The number of rotatable bonds is 9. The van der Waals surface area contributed by atoms with Crippen molar-refractivity contribution in [2.45, 2.75) is 37.4 Å². The van der Waals surface area contributed by atoms with Crippen LogP contribution in [-0.4, -0.2) is 60.4 Å². The Labute approximate surface area is 194 Å². The summed E-state index contributed by atoms with van der Waals surface area (Å²) in [6.07, 6.45) is -7.27. The predicted octanol–water partition coefficient (Wildman–Crippen LogP) is 4.17. The summed E-state index contributed by atoms with van der Waals surface area (Å²) < 4.78 is 45.6. The number of nitrogens with zero attached hydrogens (tertiary/aromatic N) is 1. The number of amides is 2. The van der Waals surface area contributed by atoms with Crippen molar-refractivity contribution in [3.05, 3.63) is 59.7 Å². The van der Waals surface area contributed by atoms with E-state index in [0.29, 0.717) is 0 Å². The summed E-state index contributed by atoms with van der Waals surface area (Å²) in [5.74, 6) is -2.25. The highest BCUT2D eigenvalue weighted by molar-refractivity contribution is 5.79. The van der Waals surface area contributed by atoms with Crippen LogP contribution in [0.25, 0.3) is 11.1 Å². The van der Waals surface area contributed by atoms with Gasteiger partial charge in [0.25, 0.3) is 0 Å². The Morgan fingerprint density at radius 2 is 1.62 bits per heavy atom. The summed E-state index contributed by atoms with van der Waals surface area (Å²) in [5, 5.41) is 10.4. The quantitative estimate of drug-likeness (QED) is 0.564. The predicted molar refractivity (Wildman–Crippen MR) is 117 cm³/mol. The van der Waals surface area contributed by atoms with Gasteiger partial charge in [0.05, 0.1) is 6.42 Å². The Morgan fingerprint density at radius 1 is 1.06 bits per heavy atom. The molecule has 1 unspecified atom stereocenters. The number of alkyl carbamates (subject to hydrolysis) is 1. The molecule has 0 fully saturated rings. The summed E-state index contributed by atoms with van der Waals surface area (Å²) in [5.41, 5.74) is 3.80. The zero-order valence-electron chi connectivity index (χ0n) is 18.5. The summed E-state index contributed by atoms with van der Waals surface area (Å²) >= 11 is 0. The van der Waals surface area contributed by atoms with Crippen molar-refractivity contribution in [2.24, 2.45) is 0 Å². The molecule has 0 saturated heterocycles. The molecule has 1 atom stereocenters. The molecule has 0 aromatic heterocycles. The van der Waals surface area contributed by atoms with Crippen LogP contribution < -0.4 is 5.32 Å². The first-order valence-electron chi connectivity index (χ1n) is 10.7. The van der Waals surface area contributed by atoms with Gasteiger partial charge in [-0.1, -0.05) is 48.5 Å². The van der Waals surface area contributed by atoms with Crippen LogP contribution in [0, 0.1) is 0 Å². The SMILES string of the molecule is CN(CCCC(=O)O)C(=O)CC(NC(=O)OCC1c2ccccc2-c2ccccc21)C(F)(F)F. The van der Waals surface area contributed by atoms with Crippen LogP contribution in [0.15, 0.2) is 48.5 Å². The van der Waals surface area contributed by atoms with Crippen molar-refractivity contribution in [2.75, 3.05) is 20.2 Å². The lowest BCUT2D eigenvalue weighted by Gasteiger charge is -2.24. The molecule has 182 valence electrons. The molecule has 2 amide bonds. The molecule has 0 bridgehead atoms. The smallest absolute Gasteiger partial charge is 0.409 e. The molecule has 2 aromatic rings. The Bertz CT molecular complexity index is 1010. The largest absolute Gasteiger partial charge is 0.481 e. The van der Waals surface area contributed by atoms with Crippen LogP contribution >= 0.6 is 0 Å². The zero-order valence-corrected chi connectivity index (χ0v) is 18.5. The highest BCUT2D eigenvalue weighted by atomic mass is 19.4. The van der Waals surface area contributed by atoms with E-state index in [-0.39, 0.29) is 31.9 Å². The first-order valence-corrected chi connectivity index (χ1v) is 10.7. The molecule has 34 heavy (non-hydrogen) atoms. The molecular formula is C24H25F3N2O5. The van der Waals surface area contributed by atoms with E-state index < -0.39 is 36.6 Å². The number of benzene rings is 2. The highest BCUT2D eigenvalue weighted by Crippen LogP contribution is 2.44. The number of fused-ring (bicyclic) bond motifs is 3.